The van der Waals surface area contributed by atoms with Gasteiger partial charge in [0.25, 0.3) is 5.69 Å². The number of nitro benzene ring substituents is 1. The van der Waals surface area contributed by atoms with E-state index in [1.54, 1.807) is 0 Å². The van der Waals surface area contributed by atoms with Gasteiger partial charge in [-0.2, -0.15) is 0 Å². The van der Waals surface area contributed by atoms with E-state index in [1.165, 1.54) is 18.2 Å². The molecular weight excluding hydrogens is 485 g/mol. The maximum atomic E-state index is 13.1. The summed E-state index contributed by atoms with van der Waals surface area (Å²) in [4.78, 5) is 33.7. The highest BCUT2D eigenvalue weighted by Crippen LogP contribution is 2.77. The van der Waals surface area contributed by atoms with Crippen LogP contribution in [0.15, 0.2) is 34.3 Å². The monoisotopic (exact) mass is 488 g/mol. The zero-order chi connectivity index (χ0) is 20.1. The molecule has 0 aromatic heterocycles. The number of carbonyl (C=O) groups is 2. The highest BCUT2D eigenvalue weighted by molar-refractivity contribution is 6.67. The average Bonchev–Trinajstić information content (AvgIpc) is 2.99. The van der Waals surface area contributed by atoms with Gasteiger partial charge in [-0.15, -0.1) is 23.2 Å². The smallest absolute Gasteiger partial charge is 0.274 e. The molecule has 0 N–H and O–H groups in total. The van der Waals surface area contributed by atoms with Gasteiger partial charge in [-0.1, -0.05) is 58.5 Å². The number of hydrogen-bond acceptors (Lipinski definition) is 4. The number of nitro groups is 1. The summed E-state index contributed by atoms with van der Waals surface area (Å²) in [6, 6.07) is 5.28. The van der Waals surface area contributed by atoms with E-state index < -0.39 is 48.3 Å². The molecule has 4 rings (SSSR count). The molecule has 27 heavy (non-hydrogen) atoms. The van der Waals surface area contributed by atoms with Crippen LogP contribution in [0, 0.1) is 22.0 Å². The van der Waals surface area contributed by atoms with E-state index in [9.17, 15) is 19.7 Å². The Morgan fingerprint density at radius 1 is 0.926 bits per heavy atom. The number of hydrogen-bond donors (Lipinski definition) is 0. The molecule has 1 aromatic carbocycles. The highest BCUT2D eigenvalue weighted by Gasteiger charge is 2.87. The van der Waals surface area contributed by atoms with E-state index in [0.717, 1.165) is 6.07 Å². The van der Waals surface area contributed by atoms with Crippen LogP contribution in [-0.4, -0.2) is 30.8 Å². The highest BCUT2D eigenvalue weighted by atomic mass is 35.5. The fourth-order valence-electron chi connectivity index (χ4n) is 4.04. The molecule has 1 saturated carbocycles. The van der Waals surface area contributed by atoms with Crippen molar-refractivity contribution in [2.75, 3.05) is 4.90 Å². The van der Waals surface area contributed by atoms with Crippen LogP contribution in [0.25, 0.3) is 0 Å². The molecule has 3 aliphatic rings. The van der Waals surface area contributed by atoms with Crippen LogP contribution in [0.4, 0.5) is 11.4 Å². The van der Waals surface area contributed by atoms with E-state index in [4.69, 9.17) is 69.6 Å². The second-order valence-electron chi connectivity index (χ2n) is 6.34. The summed E-state index contributed by atoms with van der Waals surface area (Å²) < 4.78 is -2.05. The third-order valence-corrected chi connectivity index (χ3v) is 9.49. The van der Waals surface area contributed by atoms with Crippen molar-refractivity contribution in [1.82, 2.24) is 0 Å². The quantitative estimate of drug-likeness (QED) is 0.264. The van der Waals surface area contributed by atoms with Crippen molar-refractivity contribution in [2.24, 2.45) is 11.8 Å². The van der Waals surface area contributed by atoms with E-state index >= 15 is 0 Å². The van der Waals surface area contributed by atoms with E-state index in [1.807, 2.05) is 0 Å². The minimum Gasteiger partial charge on any atom is -0.274 e. The van der Waals surface area contributed by atoms with Crippen molar-refractivity contribution in [2.45, 2.75) is 14.1 Å². The summed E-state index contributed by atoms with van der Waals surface area (Å²) in [7, 11) is 0. The molecular formula is C15H6Cl6N2O4. The van der Waals surface area contributed by atoms with E-state index in [0.29, 0.717) is 4.90 Å². The fraction of sp³-hybridized carbons (Fsp3) is 0.333. The maximum Gasteiger partial charge on any atom is 0.293 e. The Morgan fingerprint density at radius 3 is 1.81 bits per heavy atom. The van der Waals surface area contributed by atoms with Crippen molar-refractivity contribution in [3.8, 4) is 0 Å². The number of amides is 2. The normalized spacial score (nSPS) is 36.6. The summed E-state index contributed by atoms with van der Waals surface area (Å²) in [5, 5.41) is 10.9. The summed E-state index contributed by atoms with van der Waals surface area (Å²) in [6.45, 7) is 0. The lowest BCUT2D eigenvalue weighted by molar-refractivity contribution is -0.384. The first-order valence-corrected chi connectivity index (χ1v) is 9.63. The largest absolute Gasteiger partial charge is 0.293 e. The number of para-hydroxylation sites is 2. The first-order chi connectivity index (χ1) is 12.4. The number of allylic oxidation sites excluding steroid dienone is 2. The van der Waals surface area contributed by atoms with Crippen LogP contribution < -0.4 is 4.90 Å². The maximum absolute atomic E-state index is 13.1. The van der Waals surface area contributed by atoms with Gasteiger partial charge in [0.2, 0.25) is 11.8 Å². The lowest BCUT2D eigenvalue weighted by Crippen LogP contribution is -2.50. The van der Waals surface area contributed by atoms with Gasteiger partial charge in [0.05, 0.1) is 26.8 Å². The molecule has 0 radical (unpaired) electrons. The molecule has 6 nitrogen and oxygen atoms in total. The van der Waals surface area contributed by atoms with E-state index in [2.05, 4.69) is 0 Å². The number of carbonyl (C=O) groups excluding carboxylic acids is 2. The minimum atomic E-state index is -2.05. The standard InChI is InChI=1S/C15H6Cl6N2O4/c16-9-10(17)14(19)8-7(13(9,18)15(14,20)21)11(24)22(12(8)25)5-3-1-2-4-6(5)23(26)27/h1-4,7-8H/t7-,8-,13+,14+/m1/s1. The predicted octanol–water partition coefficient (Wildman–Crippen LogP) is 4.55. The number of benzene rings is 1. The zero-order valence-electron chi connectivity index (χ0n) is 12.8. The Labute approximate surface area is 182 Å². The van der Waals surface area contributed by atoms with Gasteiger partial charge in [0.1, 0.15) is 15.4 Å². The Hall–Kier alpha value is -0.760. The van der Waals surface area contributed by atoms with Gasteiger partial charge < -0.3 is 0 Å². The third-order valence-electron chi connectivity index (χ3n) is 5.23. The molecule has 2 aliphatic carbocycles. The first kappa shape index (κ1) is 19.6. The third kappa shape index (κ3) is 1.92. The van der Waals surface area contributed by atoms with Crippen LogP contribution in [0.5, 0.6) is 0 Å². The molecule has 0 spiro atoms. The summed E-state index contributed by atoms with van der Waals surface area (Å²) >= 11 is 38.3. The van der Waals surface area contributed by atoms with Crippen molar-refractivity contribution >= 4 is 92.8 Å². The topological polar surface area (TPSA) is 80.5 Å². The number of fused-ring (bicyclic) bond motifs is 5. The van der Waals surface area contributed by atoms with E-state index in [-0.39, 0.29) is 15.8 Å². The number of halogens is 6. The van der Waals surface area contributed by atoms with Gasteiger partial charge in [-0.05, 0) is 6.07 Å². The van der Waals surface area contributed by atoms with Crippen molar-refractivity contribution in [3.05, 3.63) is 44.4 Å². The first-order valence-electron chi connectivity index (χ1n) is 7.37. The summed E-state index contributed by atoms with van der Waals surface area (Å²) in [6.07, 6.45) is 0. The van der Waals surface area contributed by atoms with Gasteiger partial charge in [0.15, 0.2) is 4.33 Å². The summed E-state index contributed by atoms with van der Waals surface area (Å²) in [5.41, 5.74) is -0.652. The number of rotatable bonds is 2. The zero-order valence-corrected chi connectivity index (χ0v) is 17.3. The van der Waals surface area contributed by atoms with Crippen LogP contribution in [0.2, 0.25) is 0 Å². The minimum absolute atomic E-state index is 0.214. The average molecular weight is 491 g/mol. The molecule has 1 saturated heterocycles. The van der Waals surface area contributed by atoms with Crippen LogP contribution in [0.3, 0.4) is 0 Å². The van der Waals surface area contributed by atoms with Gasteiger partial charge in [-0.25, -0.2) is 4.90 Å². The van der Waals surface area contributed by atoms with Crippen LogP contribution in [-0.2, 0) is 9.59 Å². The lowest BCUT2D eigenvalue weighted by Gasteiger charge is -2.34. The molecule has 12 heteroatoms. The molecule has 1 aromatic rings. The Morgan fingerprint density at radius 2 is 1.37 bits per heavy atom. The van der Waals surface area contributed by atoms with Crippen molar-refractivity contribution in [3.63, 3.8) is 0 Å². The molecule has 0 unspecified atom stereocenters. The number of alkyl halides is 4. The molecule has 2 amide bonds. The predicted molar refractivity (Wildman–Crippen MR) is 103 cm³/mol. The fourth-order valence-corrected chi connectivity index (χ4v) is 6.97. The van der Waals surface area contributed by atoms with Gasteiger partial charge in [-0.3, -0.25) is 19.7 Å². The molecule has 142 valence electrons. The Kier molecular flexibility index (Phi) is 4.09. The van der Waals surface area contributed by atoms with Crippen molar-refractivity contribution in [1.29, 1.82) is 0 Å². The SMILES string of the molecule is O=C1[C@H]2[C@H](C(=O)N1c1ccccc1[N+](=O)[O-])[C@]1(Cl)C(Cl)=C(Cl)[C@]2(Cl)C1(Cl)Cl. The second-order valence-corrected chi connectivity index (χ2v) is 9.61. The van der Waals surface area contributed by atoms with Crippen LogP contribution in [0.1, 0.15) is 0 Å². The number of imide groups is 1. The van der Waals surface area contributed by atoms with Crippen LogP contribution >= 0.6 is 69.6 Å². The second kappa shape index (κ2) is 5.65. The molecule has 2 fully saturated rings. The Bertz CT molecular complexity index is 935. The lowest BCUT2D eigenvalue weighted by atomic mass is 9.84. The summed E-state index contributed by atoms with van der Waals surface area (Å²) in [5.74, 6) is -4.36. The molecule has 4 atom stereocenters. The Balaban J connectivity index is 1.93. The molecule has 1 heterocycles. The molecule has 1 aliphatic heterocycles. The number of nitrogens with zero attached hydrogens (tertiary/aromatic N) is 2. The molecule has 2 bridgehead atoms. The van der Waals surface area contributed by atoms with Crippen molar-refractivity contribution < 1.29 is 14.5 Å². The van der Waals surface area contributed by atoms with Gasteiger partial charge >= 0.3 is 0 Å². The number of anilines is 1. The van der Waals surface area contributed by atoms with Gasteiger partial charge in [0, 0.05) is 6.07 Å².